The van der Waals surface area contributed by atoms with Crippen molar-refractivity contribution in [3.8, 4) is 0 Å². The molecule has 0 aliphatic heterocycles. The number of aryl methyl sites for hydroxylation is 1. The van der Waals surface area contributed by atoms with Crippen molar-refractivity contribution in [2.75, 3.05) is 30.9 Å². The molecule has 0 unspecified atom stereocenters. The van der Waals surface area contributed by atoms with Gasteiger partial charge >= 0.3 is 6.09 Å². The molecule has 0 saturated heterocycles. The van der Waals surface area contributed by atoms with Crippen LogP contribution in [0.5, 0.6) is 0 Å². The molecule has 8 heteroatoms. The first-order chi connectivity index (χ1) is 10.6. The lowest BCUT2D eigenvalue weighted by Crippen LogP contribution is -2.43. The summed E-state index contributed by atoms with van der Waals surface area (Å²) < 4.78 is 5.13. The highest BCUT2D eigenvalue weighted by molar-refractivity contribution is 5.74. The molecular formula is C15H25N5O3. The Balaban J connectivity index is 2.70. The molecule has 0 bridgehead atoms. The summed E-state index contributed by atoms with van der Waals surface area (Å²) in [6.45, 7) is 7.25. The van der Waals surface area contributed by atoms with Crippen LogP contribution in [0.3, 0.4) is 0 Å². The van der Waals surface area contributed by atoms with Crippen LogP contribution in [0.25, 0.3) is 0 Å². The van der Waals surface area contributed by atoms with E-state index in [1.165, 1.54) is 0 Å². The van der Waals surface area contributed by atoms with Crippen molar-refractivity contribution >= 4 is 23.9 Å². The normalized spacial score (nSPS) is 12.3. The summed E-state index contributed by atoms with van der Waals surface area (Å²) in [5.41, 5.74) is 0.171. The second-order valence-electron chi connectivity index (χ2n) is 6.32. The van der Waals surface area contributed by atoms with E-state index >= 15 is 0 Å². The highest BCUT2D eigenvalue weighted by Gasteiger charge is 2.19. The molecule has 1 aromatic rings. The van der Waals surface area contributed by atoms with Crippen molar-refractivity contribution in [3.63, 3.8) is 0 Å². The quantitative estimate of drug-likeness (QED) is 0.763. The Labute approximate surface area is 136 Å². The van der Waals surface area contributed by atoms with Crippen molar-refractivity contribution in [1.29, 1.82) is 0 Å². The maximum atomic E-state index is 11.7. The second kappa shape index (κ2) is 7.75. The van der Waals surface area contributed by atoms with Crippen molar-refractivity contribution in [1.82, 2.24) is 15.3 Å². The van der Waals surface area contributed by atoms with Crippen LogP contribution < -0.4 is 15.5 Å². The van der Waals surface area contributed by atoms with E-state index in [0.29, 0.717) is 17.9 Å². The lowest BCUT2D eigenvalue weighted by molar-refractivity contribution is -0.109. The second-order valence-corrected chi connectivity index (χ2v) is 6.32. The number of hydrogen-bond acceptors (Lipinski definition) is 7. The fourth-order valence-corrected chi connectivity index (χ4v) is 1.72. The Hall–Kier alpha value is -2.38. The average molecular weight is 323 g/mol. The van der Waals surface area contributed by atoms with E-state index in [-0.39, 0.29) is 6.54 Å². The van der Waals surface area contributed by atoms with Crippen molar-refractivity contribution in [2.24, 2.45) is 0 Å². The molecule has 0 radical (unpaired) electrons. The standard InChI is InChI=1S/C15H25N5O3/c1-10-16-8-12(20(5)6)13(18-10)17-7-11(9-21)19-14(22)23-15(2,3)4/h8-9,11H,7H2,1-6H3,(H,19,22)(H,16,17,18)/t11-/m0/s1. The summed E-state index contributed by atoms with van der Waals surface area (Å²) in [5.74, 6) is 1.21. The Morgan fingerprint density at radius 2 is 2.09 bits per heavy atom. The van der Waals surface area contributed by atoms with Crippen molar-refractivity contribution in [2.45, 2.75) is 39.3 Å². The molecule has 23 heavy (non-hydrogen) atoms. The van der Waals surface area contributed by atoms with E-state index in [2.05, 4.69) is 20.6 Å². The third kappa shape index (κ3) is 6.50. The summed E-state index contributed by atoms with van der Waals surface area (Å²) in [7, 11) is 3.74. The number of amides is 1. The number of aromatic nitrogens is 2. The molecule has 0 spiro atoms. The minimum Gasteiger partial charge on any atom is -0.444 e. The van der Waals surface area contributed by atoms with Gasteiger partial charge in [-0.15, -0.1) is 0 Å². The third-order valence-corrected chi connectivity index (χ3v) is 2.73. The van der Waals surface area contributed by atoms with E-state index in [9.17, 15) is 9.59 Å². The maximum Gasteiger partial charge on any atom is 0.408 e. The number of carbonyl (C=O) groups is 2. The van der Waals surface area contributed by atoms with Gasteiger partial charge in [0.15, 0.2) is 5.82 Å². The lowest BCUT2D eigenvalue weighted by atomic mass is 10.2. The summed E-state index contributed by atoms with van der Waals surface area (Å²) in [4.78, 5) is 33.2. The van der Waals surface area contributed by atoms with Gasteiger partial charge in [0, 0.05) is 20.6 Å². The van der Waals surface area contributed by atoms with E-state index in [1.807, 2.05) is 19.0 Å². The number of rotatable bonds is 6. The first-order valence-corrected chi connectivity index (χ1v) is 7.32. The fraction of sp³-hybridized carbons (Fsp3) is 0.600. The monoisotopic (exact) mass is 323 g/mol. The van der Waals surface area contributed by atoms with E-state index in [0.717, 1.165) is 5.69 Å². The summed E-state index contributed by atoms with van der Waals surface area (Å²) in [6, 6.07) is -0.727. The zero-order valence-electron chi connectivity index (χ0n) is 14.5. The number of carbonyl (C=O) groups excluding carboxylic acids is 2. The van der Waals surface area contributed by atoms with Gasteiger partial charge in [0.05, 0.1) is 11.9 Å². The molecule has 1 aromatic heterocycles. The molecule has 0 fully saturated rings. The first-order valence-electron chi connectivity index (χ1n) is 7.32. The third-order valence-electron chi connectivity index (χ3n) is 2.73. The smallest absolute Gasteiger partial charge is 0.408 e. The van der Waals surface area contributed by atoms with Crippen LogP contribution in [-0.4, -0.2) is 54.6 Å². The van der Waals surface area contributed by atoms with Gasteiger partial charge in [-0.3, -0.25) is 0 Å². The summed E-state index contributed by atoms with van der Waals surface area (Å²) >= 11 is 0. The van der Waals surface area contributed by atoms with Gasteiger partial charge in [0.25, 0.3) is 0 Å². The molecule has 0 aliphatic rings. The Morgan fingerprint density at radius 3 is 2.61 bits per heavy atom. The predicted molar refractivity (Wildman–Crippen MR) is 88.8 cm³/mol. The number of anilines is 2. The maximum absolute atomic E-state index is 11.7. The molecule has 1 rings (SSSR count). The molecule has 0 saturated carbocycles. The minimum absolute atomic E-state index is 0.194. The van der Waals surface area contributed by atoms with E-state index in [4.69, 9.17) is 4.74 Å². The topological polar surface area (TPSA) is 96.5 Å². The lowest BCUT2D eigenvalue weighted by Gasteiger charge is -2.22. The van der Waals surface area contributed by atoms with Gasteiger partial charge in [-0.1, -0.05) is 0 Å². The Morgan fingerprint density at radius 1 is 1.43 bits per heavy atom. The van der Waals surface area contributed by atoms with Gasteiger partial charge in [-0.2, -0.15) is 0 Å². The molecule has 1 atom stereocenters. The number of alkyl carbamates (subject to hydrolysis) is 1. The molecular weight excluding hydrogens is 298 g/mol. The summed E-state index contributed by atoms with van der Waals surface area (Å²) in [6.07, 6.45) is 1.71. The van der Waals surface area contributed by atoms with Crippen LogP contribution >= 0.6 is 0 Å². The zero-order chi connectivity index (χ0) is 17.6. The molecule has 8 nitrogen and oxygen atoms in total. The SMILES string of the molecule is Cc1ncc(N(C)C)c(NC[C@@H](C=O)NC(=O)OC(C)(C)C)n1. The predicted octanol–water partition coefficient (Wildman–Crippen LogP) is 1.36. The summed E-state index contributed by atoms with van der Waals surface area (Å²) in [5, 5.41) is 5.57. The number of hydrogen-bond donors (Lipinski definition) is 2. The highest BCUT2D eigenvalue weighted by Crippen LogP contribution is 2.20. The molecule has 0 aromatic carbocycles. The number of nitrogens with zero attached hydrogens (tertiary/aromatic N) is 3. The zero-order valence-corrected chi connectivity index (χ0v) is 14.5. The molecule has 0 aliphatic carbocycles. The number of nitrogens with one attached hydrogen (secondary N) is 2. The first kappa shape index (κ1) is 18.7. The van der Waals surface area contributed by atoms with Crippen LogP contribution in [0.2, 0.25) is 0 Å². The highest BCUT2D eigenvalue weighted by atomic mass is 16.6. The van der Waals surface area contributed by atoms with E-state index in [1.54, 1.807) is 33.9 Å². The van der Waals surface area contributed by atoms with Crippen LogP contribution in [-0.2, 0) is 9.53 Å². The van der Waals surface area contributed by atoms with Crippen LogP contribution in [0.15, 0.2) is 6.20 Å². The molecule has 1 amide bonds. The number of aldehydes is 1. The van der Waals surface area contributed by atoms with Gasteiger partial charge < -0.3 is 25.1 Å². The Bertz CT molecular complexity index is 555. The Kier molecular flexibility index (Phi) is 6.29. The van der Waals surface area contributed by atoms with Crippen molar-refractivity contribution in [3.05, 3.63) is 12.0 Å². The number of ether oxygens (including phenoxy) is 1. The van der Waals surface area contributed by atoms with Crippen LogP contribution in [0.1, 0.15) is 26.6 Å². The van der Waals surface area contributed by atoms with Gasteiger partial charge in [0.1, 0.15) is 23.8 Å². The van der Waals surface area contributed by atoms with Crippen molar-refractivity contribution < 1.29 is 14.3 Å². The van der Waals surface area contributed by atoms with Gasteiger partial charge in [0.2, 0.25) is 0 Å². The molecule has 2 N–H and O–H groups in total. The minimum atomic E-state index is -0.727. The van der Waals surface area contributed by atoms with Gasteiger partial charge in [-0.25, -0.2) is 14.8 Å². The average Bonchev–Trinajstić information content (AvgIpc) is 2.41. The largest absolute Gasteiger partial charge is 0.444 e. The molecule has 1 heterocycles. The fourth-order valence-electron chi connectivity index (χ4n) is 1.72. The van der Waals surface area contributed by atoms with Crippen LogP contribution in [0, 0.1) is 6.92 Å². The van der Waals surface area contributed by atoms with Crippen LogP contribution in [0.4, 0.5) is 16.3 Å². The molecule has 128 valence electrons. The van der Waals surface area contributed by atoms with Gasteiger partial charge in [-0.05, 0) is 27.7 Å². The van der Waals surface area contributed by atoms with E-state index < -0.39 is 17.7 Å².